The highest BCUT2D eigenvalue weighted by molar-refractivity contribution is 5.41. The Morgan fingerprint density at radius 3 is 2.35 bits per heavy atom. The van der Waals surface area contributed by atoms with E-state index in [-0.39, 0.29) is 0 Å². The summed E-state index contributed by atoms with van der Waals surface area (Å²) in [6.07, 6.45) is 14.1. The summed E-state index contributed by atoms with van der Waals surface area (Å²) >= 11 is 0. The predicted molar refractivity (Wildman–Crippen MR) is 82.5 cm³/mol. The molecule has 0 spiro atoms. The maximum Gasteiger partial charge on any atom is 0.0529 e. The molecule has 2 heteroatoms. The number of pyridine rings is 1. The van der Waals surface area contributed by atoms with Gasteiger partial charge in [-0.05, 0) is 80.2 Å². The summed E-state index contributed by atoms with van der Waals surface area (Å²) in [4.78, 5) is 4.26. The molecular weight excluding hydrogens is 244 g/mol. The minimum atomic E-state index is 0.583. The van der Waals surface area contributed by atoms with Crippen LogP contribution in [0.5, 0.6) is 0 Å². The van der Waals surface area contributed by atoms with Crippen LogP contribution in [0.4, 0.5) is 5.69 Å². The molecule has 4 aliphatic carbocycles. The third-order valence-electron chi connectivity index (χ3n) is 6.24. The monoisotopic (exact) mass is 270 g/mol. The maximum absolute atomic E-state index is 4.26. The second kappa shape index (κ2) is 4.75. The van der Waals surface area contributed by atoms with Crippen molar-refractivity contribution in [2.75, 3.05) is 5.32 Å². The first-order chi connectivity index (χ1) is 9.77. The van der Waals surface area contributed by atoms with E-state index in [2.05, 4.69) is 23.3 Å². The van der Waals surface area contributed by atoms with Gasteiger partial charge in [-0.25, -0.2) is 0 Å². The Bertz CT molecular complexity index is 432. The number of hydrogen-bond acceptors (Lipinski definition) is 2. The molecular formula is C18H26N2. The van der Waals surface area contributed by atoms with E-state index in [9.17, 15) is 0 Å². The minimum Gasteiger partial charge on any atom is -0.381 e. The fourth-order valence-corrected chi connectivity index (χ4v) is 5.94. The number of rotatable bonds is 4. The van der Waals surface area contributed by atoms with E-state index in [1.54, 1.807) is 0 Å². The Hall–Kier alpha value is -1.05. The average molecular weight is 270 g/mol. The van der Waals surface area contributed by atoms with Gasteiger partial charge in [0, 0.05) is 18.4 Å². The van der Waals surface area contributed by atoms with Gasteiger partial charge in [-0.3, -0.25) is 4.98 Å². The fraction of sp³-hybridized carbons (Fsp3) is 0.722. The van der Waals surface area contributed by atoms with Gasteiger partial charge >= 0.3 is 0 Å². The molecule has 1 atom stereocenters. The third kappa shape index (κ3) is 2.04. The number of aromatic nitrogens is 1. The standard InChI is InChI=1S/C18H26N2/c1-2-17(20-16-4-3-5-19-12-16)18-9-13-6-14(10-18)8-15(7-13)11-18/h3-5,12-15,17,20H,2,6-11H2,1H3. The summed E-state index contributed by atoms with van der Waals surface area (Å²) in [5, 5.41) is 3.82. The van der Waals surface area contributed by atoms with E-state index in [0.29, 0.717) is 11.5 Å². The normalized spacial score (nSPS) is 39.8. The molecule has 4 saturated carbocycles. The van der Waals surface area contributed by atoms with E-state index < -0.39 is 0 Å². The summed E-state index contributed by atoms with van der Waals surface area (Å²) in [5.41, 5.74) is 1.79. The van der Waals surface area contributed by atoms with Crippen LogP contribution in [0.25, 0.3) is 0 Å². The molecule has 1 aromatic heterocycles. The van der Waals surface area contributed by atoms with E-state index in [1.165, 1.54) is 50.6 Å². The summed E-state index contributed by atoms with van der Waals surface area (Å²) < 4.78 is 0. The van der Waals surface area contributed by atoms with Crippen molar-refractivity contribution in [1.82, 2.24) is 4.98 Å². The lowest BCUT2D eigenvalue weighted by atomic mass is 9.47. The summed E-state index contributed by atoms with van der Waals surface area (Å²) in [7, 11) is 0. The lowest BCUT2D eigenvalue weighted by molar-refractivity contribution is -0.0636. The Balaban J connectivity index is 1.58. The molecule has 0 radical (unpaired) electrons. The van der Waals surface area contributed by atoms with Gasteiger partial charge in [-0.15, -0.1) is 0 Å². The molecule has 20 heavy (non-hydrogen) atoms. The van der Waals surface area contributed by atoms with Crippen LogP contribution in [-0.2, 0) is 0 Å². The van der Waals surface area contributed by atoms with Crippen molar-refractivity contribution in [1.29, 1.82) is 0 Å². The zero-order valence-electron chi connectivity index (χ0n) is 12.5. The second-order valence-corrected chi connectivity index (χ2v) is 7.63. The molecule has 108 valence electrons. The van der Waals surface area contributed by atoms with Crippen molar-refractivity contribution >= 4 is 5.69 Å². The third-order valence-corrected chi connectivity index (χ3v) is 6.24. The fourth-order valence-electron chi connectivity index (χ4n) is 5.94. The van der Waals surface area contributed by atoms with Crippen LogP contribution in [-0.4, -0.2) is 11.0 Å². The van der Waals surface area contributed by atoms with Crippen LogP contribution in [0.15, 0.2) is 24.5 Å². The van der Waals surface area contributed by atoms with Gasteiger partial charge in [0.25, 0.3) is 0 Å². The molecule has 0 amide bonds. The highest BCUT2D eigenvalue weighted by Gasteiger charge is 2.53. The molecule has 4 bridgehead atoms. The van der Waals surface area contributed by atoms with Crippen LogP contribution < -0.4 is 5.32 Å². The zero-order valence-corrected chi connectivity index (χ0v) is 12.5. The van der Waals surface area contributed by atoms with Gasteiger partial charge in [0.1, 0.15) is 0 Å². The minimum absolute atomic E-state index is 0.583. The SMILES string of the molecule is CCC(Nc1cccnc1)C12CC3CC(CC(C3)C1)C2. The molecule has 0 saturated heterocycles. The Morgan fingerprint density at radius 1 is 1.20 bits per heavy atom. The molecule has 4 fully saturated rings. The molecule has 0 aliphatic heterocycles. The highest BCUT2D eigenvalue weighted by atomic mass is 15.0. The van der Waals surface area contributed by atoms with Gasteiger partial charge in [-0.2, -0.15) is 0 Å². The largest absolute Gasteiger partial charge is 0.381 e. The maximum atomic E-state index is 4.26. The van der Waals surface area contributed by atoms with E-state index in [0.717, 1.165) is 17.8 Å². The van der Waals surface area contributed by atoms with Gasteiger partial charge in [0.05, 0.1) is 5.69 Å². The average Bonchev–Trinajstić information content (AvgIpc) is 2.44. The molecule has 1 heterocycles. The van der Waals surface area contributed by atoms with E-state index >= 15 is 0 Å². The first-order valence-electron chi connectivity index (χ1n) is 8.44. The van der Waals surface area contributed by atoms with Crippen molar-refractivity contribution in [3.8, 4) is 0 Å². The van der Waals surface area contributed by atoms with Crippen LogP contribution >= 0.6 is 0 Å². The summed E-state index contributed by atoms with van der Waals surface area (Å²) in [5.74, 6) is 3.10. The predicted octanol–water partition coefficient (Wildman–Crippen LogP) is 4.49. The first-order valence-corrected chi connectivity index (χ1v) is 8.44. The summed E-state index contributed by atoms with van der Waals surface area (Å²) in [6, 6.07) is 4.84. The lowest BCUT2D eigenvalue weighted by Gasteiger charge is -2.59. The molecule has 1 unspecified atom stereocenters. The molecule has 1 N–H and O–H groups in total. The van der Waals surface area contributed by atoms with E-state index in [1.807, 2.05) is 18.5 Å². The smallest absolute Gasteiger partial charge is 0.0529 e. The number of hydrogen-bond donors (Lipinski definition) is 1. The van der Waals surface area contributed by atoms with Crippen LogP contribution in [0.1, 0.15) is 51.9 Å². The molecule has 2 nitrogen and oxygen atoms in total. The zero-order chi connectivity index (χ0) is 13.6. The van der Waals surface area contributed by atoms with Gasteiger partial charge in [-0.1, -0.05) is 6.92 Å². The Morgan fingerprint density at radius 2 is 1.85 bits per heavy atom. The topological polar surface area (TPSA) is 24.9 Å². The molecule has 0 aromatic carbocycles. The van der Waals surface area contributed by atoms with Gasteiger partial charge < -0.3 is 5.32 Å². The van der Waals surface area contributed by atoms with Crippen LogP contribution in [0, 0.1) is 23.2 Å². The first kappa shape index (κ1) is 12.7. The summed E-state index contributed by atoms with van der Waals surface area (Å²) in [6.45, 7) is 2.35. The molecule has 1 aromatic rings. The van der Waals surface area contributed by atoms with Crippen LogP contribution in [0.3, 0.4) is 0 Å². The lowest BCUT2D eigenvalue weighted by Crippen LogP contribution is -2.53. The Labute approximate surface area is 122 Å². The Kier molecular flexibility index (Phi) is 3.01. The van der Waals surface area contributed by atoms with Crippen molar-refractivity contribution in [3.63, 3.8) is 0 Å². The number of anilines is 1. The quantitative estimate of drug-likeness (QED) is 0.872. The van der Waals surface area contributed by atoms with Crippen molar-refractivity contribution in [2.24, 2.45) is 23.2 Å². The van der Waals surface area contributed by atoms with E-state index in [4.69, 9.17) is 0 Å². The number of nitrogens with zero attached hydrogens (tertiary/aromatic N) is 1. The van der Waals surface area contributed by atoms with Crippen molar-refractivity contribution in [2.45, 2.75) is 57.9 Å². The number of nitrogens with one attached hydrogen (secondary N) is 1. The highest BCUT2D eigenvalue weighted by Crippen LogP contribution is 2.61. The second-order valence-electron chi connectivity index (χ2n) is 7.63. The molecule has 5 rings (SSSR count). The van der Waals surface area contributed by atoms with Gasteiger partial charge in [0.15, 0.2) is 0 Å². The van der Waals surface area contributed by atoms with Gasteiger partial charge in [0.2, 0.25) is 0 Å². The van der Waals surface area contributed by atoms with Crippen molar-refractivity contribution < 1.29 is 0 Å². The van der Waals surface area contributed by atoms with Crippen molar-refractivity contribution in [3.05, 3.63) is 24.5 Å². The molecule has 4 aliphatic rings. The van der Waals surface area contributed by atoms with Crippen LogP contribution in [0.2, 0.25) is 0 Å².